The lowest BCUT2D eigenvalue weighted by molar-refractivity contribution is -0.116. The zero-order chi connectivity index (χ0) is 18.3. The van der Waals surface area contributed by atoms with Crippen molar-refractivity contribution in [3.8, 4) is 5.75 Å². The van der Waals surface area contributed by atoms with Crippen molar-refractivity contribution in [1.82, 2.24) is 4.72 Å². The van der Waals surface area contributed by atoms with E-state index in [-0.39, 0.29) is 10.8 Å². The predicted octanol–water partition coefficient (Wildman–Crippen LogP) is 2.56. The van der Waals surface area contributed by atoms with Crippen molar-refractivity contribution in [2.45, 2.75) is 24.7 Å². The molecule has 2 N–H and O–H groups in total. The molecule has 0 atom stereocenters. The van der Waals surface area contributed by atoms with Crippen LogP contribution in [0, 0.1) is 0 Å². The van der Waals surface area contributed by atoms with Gasteiger partial charge in [0.15, 0.2) is 0 Å². The number of hydrogen-bond acceptors (Lipinski definition) is 4. The van der Waals surface area contributed by atoms with E-state index < -0.39 is 10.0 Å². The largest absolute Gasteiger partial charge is 0.494 e. The Morgan fingerprint density at radius 1 is 1.08 bits per heavy atom. The van der Waals surface area contributed by atoms with Gasteiger partial charge in [0.1, 0.15) is 5.75 Å². The molecule has 2 aromatic rings. The summed E-state index contributed by atoms with van der Waals surface area (Å²) in [5.74, 6) is 0.648. The van der Waals surface area contributed by atoms with Gasteiger partial charge < -0.3 is 10.1 Å². The van der Waals surface area contributed by atoms with Crippen LogP contribution in [-0.4, -0.2) is 28.0 Å². The average molecular weight is 362 g/mol. The highest BCUT2D eigenvalue weighted by Gasteiger charge is 2.11. The van der Waals surface area contributed by atoms with Crippen molar-refractivity contribution < 1.29 is 17.9 Å². The summed E-state index contributed by atoms with van der Waals surface area (Å²) in [6.07, 6.45) is 0.870. The molecule has 134 valence electrons. The summed E-state index contributed by atoms with van der Waals surface area (Å²) >= 11 is 0. The summed E-state index contributed by atoms with van der Waals surface area (Å²) in [4.78, 5) is 12.3. The van der Waals surface area contributed by atoms with Crippen LogP contribution in [-0.2, 0) is 21.2 Å². The van der Waals surface area contributed by atoms with Crippen molar-refractivity contribution in [2.75, 3.05) is 19.0 Å². The second kappa shape index (κ2) is 8.64. The third-order valence-corrected chi connectivity index (χ3v) is 5.04. The first-order chi connectivity index (χ1) is 12.0. The number of nitrogens with one attached hydrogen (secondary N) is 2. The van der Waals surface area contributed by atoms with Gasteiger partial charge in [0.05, 0.1) is 11.5 Å². The molecule has 0 unspecified atom stereocenters. The molecule has 25 heavy (non-hydrogen) atoms. The third-order valence-electron chi connectivity index (χ3n) is 3.61. The maximum atomic E-state index is 12.1. The van der Waals surface area contributed by atoms with E-state index in [2.05, 4.69) is 10.0 Å². The molecule has 0 bridgehead atoms. The van der Waals surface area contributed by atoms with E-state index in [1.165, 1.54) is 19.2 Å². The predicted molar refractivity (Wildman–Crippen MR) is 97.2 cm³/mol. The Kier molecular flexibility index (Phi) is 6.55. The van der Waals surface area contributed by atoms with Crippen LogP contribution >= 0.6 is 0 Å². The molecule has 0 saturated carbocycles. The number of aryl methyl sites for hydroxylation is 1. The van der Waals surface area contributed by atoms with Gasteiger partial charge in [-0.2, -0.15) is 0 Å². The summed E-state index contributed by atoms with van der Waals surface area (Å²) in [6, 6.07) is 13.7. The fraction of sp³-hybridized carbons (Fsp3) is 0.278. The number of benzene rings is 2. The fourth-order valence-electron chi connectivity index (χ4n) is 2.31. The molecule has 2 aromatic carbocycles. The number of carbonyl (C=O) groups is 1. The highest BCUT2D eigenvalue weighted by molar-refractivity contribution is 7.89. The smallest absolute Gasteiger partial charge is 0.240 e. The van der Waals surface area contributed by atoms with E-state index in [1.807, 2.05) is 31.2 Å². The van der Waals surface area contributed by atoms with E-state index in [4.69, 9.17) is 4.74 Å². The molecule has 0 spiro atoms. The van der Waals surface area contributed by atoms with Crippen LogP contribution in [0.25, 0.3) is 0 Å². The molecule has 0 heterocycles. The van der Waals surface area contributed by atoms with Gasteiger partial charge in [-0.1, -0.05) is 18.2 Å². The number of carbonyl (C=O) groups excluding carboxylic acids is 1. The topological polar surface area (TPSA) is 84.5 Å². The van der Waals surface area contributed by atoms with Crippen LogP contribution in [0.5, 0.6) is 5.75 Å². The Hall–Kier alpha value is -2.38. The Morgan fingerprint density at radius 3 is 2.40 bits per heavy atom. The molecule has 0 radical (unpaired) electrons. The number of amides is 1. The number of ether oxygens (including phenoxy) is 1. The molecule has 0 aliphatic carbocycles. The van der Waals surface area contributed by atoms with Gasteiger partial charge in [-0.25, -0.2) is 13.1 Å². The maximum Gasteiger partial charge on any atom is 0.240 e. The van der Waals surface area contributed by atoms with Gasteiger partial charge in [0.25, 0.3) is 0 Å². The monoisotopic (exact) mass is 362 g/mol. The summed E-state index contributed by atoms with van der Waals surface area (Å²) in [5.41, 5.74) is 1.54. The van der Waals surface area contributed by atoms with E-state index in [1.54, 1.807) is 12.1 Å². The van der Waals surface area contributed by atoms with Gasteiger partial charge in [0.2, 0.25) is 15.9 Å². The first-order valence-corrected chi connectivity index (χ1v) is 9.48. The van der Waals surface area contributed by atoms with Crippen LogP contribution in [0.4, 0.5) is 5.69 Å². The Balaban J connectivity index is 1.95. The Bertz CT molecular complexity index is 817. The van der Waals surface area contributed by atoms with E-state index in [0.29, 0.717) is 25.1 Å². The lowest BCUT2D eigenvalue weighted by atomic mass is 10.1. The van der Waals surface area contributed by atoms with Crippen LogP contribution in [0.3, 0.4) is 0 Å². The molecular formula is C18H22N2O4S. The molecule has 0 fully saturated rings. The highest BCUT2D eigenvalue weighted by Crippen LogP contribution is 2.20. The molecule has 7 heteroatoms. The minimum absolute atomic E-state index is 0.143. The quantitative estimate of drug-likeness (QED) is 0.756. The first kappa shape index (κ1) is 19.0. The Morgan fingerprint density at radius 2 is 1.76 bits per heavy atom. The van der Waals surface area contributed by atoms with E-state index >= 15 is 0 Å². The van der Waals surface area contributed by atoms with Crippen LogP contribution in [0.15, 0.2) is 53.4 Å². The lowest BCUT2D eigenvalue weighted by Gasteiger charge is -2.10. The molecule has 1 amide bonds. The molecule has 0 aromatic heterocycles. The number of para-hydroxylation sites is 1. The van der Waals surface area contributed by atoms with Crippen LogP contribution < -0.4 is 14.8 Å². The van der Waals surface area contributed by atoms with Gasteiger partial charge in [-0.15, -0.1) is 0 Å². The maximum absolute atomic E-state index is 12.1. The standard InChI is InChI=1S/C18H22N2O4S/c1-3-24-17-7-5-4-6-14(17)8-13-18(21)20-15-9-11-16(12-10-15)25(22,23)19-2/h4-7,9-12,19H,3,8,13H2,1-2H3,(H,20,21). The third kappa shape index (κ3) is 5.30. The minimum atomic E-state index is -3.48. The molecule has 0 aliphatic rings. The van der Waals surface area contributed by atoms with Crippen molar-refractivity contribution in [3.63, 3.8) is 0 Å². The number of hydrogen-bond donors (Lipinski definition) is 2. The number of anilines is 1. The van der Waals surface area contributed by atoms with E-state index in [0.717, 1.165) is 11.3 Å². The second-order valence-electron chi connectivity index (χ2n) is 5.32. The Labute approximate surface area is 148 Å². The van der Waals surface area contributed by atoms with Gasteiger partial charge in [0, 0.05) is 12.1 Å². The summed E-state index contributed by atoms with van der Waals surface area (Å²) in [5, 5.41) is 2.77. The van der Waals surface area contributed by atoms with Crippen molar-refractivity contribution >= 4 is 21.6 Å². The van der Waals surface area contributed by atoms with Gasteiger partial charge >= 0.3 is 0 Å². The number of sulfonamides is 1. The van der Waals surface area contributed by atoms with Gasteiger partial charge in [-0.05, 0) is 56.3 Å². The molecule has 2 rings (SSSR count). The highest BCUT2D eigenvalue weighted by atomic mass is 32.2. The minimum Gasteiger partial charge on any atom is -0.494 e. The van der Waals surface area contributed by atoms with E-state index in [9.17, 15) is 13.2 Å². The molecular weight excluding hydrogens is 340 g/mol. The van der Waals surface area contributed by atoms with Crippen LogP contribution in [0.2, 0.25) is 0 Å². The number of rotatable bonds is 8. The van der Waals surface area contributed by atoms with Crippen molar-refractivity contribution in [2.24, 2.45) is 0 Å². The second-order valence-corrected chi connectivity index (χ2v) is 7.21. The summed E-state index contributed by atoms with van der Waals surface area (Å²) in [7, 11) is -2.12. The zero-order valence-electron chi connectivity index (χ0n) is 14.3. The normalized spacial score (nSPS) is 11.1. The lowest BCUT2D eigenvalue weighted by Crippen LogP contribution is -2.18. The molecule has 0 aliphatic heterocycles. The molecule has 0 saturated heterocycles. The summed E-state index contributed by atoms with van der Waals surface area (Å²) in [6.45, 7) is 2.49. The van der Waals surface area contributed by atoms with Crippen molar-refractivity contribution in [1.29, 1.82) is 0 Å². The summed E-state index contributed by atoms with van der Waals surface area (Å²) < 4.78 is 31.1. The van der Waals surface area contributed by atoms with Gasteiger partial charge in [-0.3, -0.25) is 4.79 Å². The zero-order valence-corrected chi connectivity index (χ0v) is 15.1. The SMILES string of the molecule is CCOc1ccccc1CCC(=O)Nc1ccc(S(=O)(=O)NC)cc1. The first-order valence-electron chi connectivity index (χ1n) is 8.00. The average Bonchev–Trinajstić information content (AvgIpc) is 2.62. The van der Waals surface area contributed by atoms with Crippen LogP contribution in [0.1, 0.15) is 18.9 Å². The fourth-order valence-corrected chi connectivity index (χ4v) is 3.04. The van der Waals surface area contributed by atoms with Crippen molar-refractivity contribution in [3.05, 3.63) is 54.1 Å². The molecule has 6 nitrogen and oxygen atoms in total.